The van der Waals surface area contributed by atoms with Crippen LogP contribution in [0.5, 0.6) is 0 Å². The van der Waals surface area contributed by atoms with Crippen molar-refractivity contribution in [2.45, 2.75) is 295 Å². The van der Waals surface area contributed by atoms with Gasteiger partial charge in [-0.1, -0.05) is 128 Å². The molecule has 13 nitrogen and oxygen atoms in total. The van der Waals surface area contributed by atoms with Crippen LogP contribution in [0.4, 0.5) is 0 Å². The van der Waals surface area contributed by atoms with Crippen molar-refractivity contribution in [2.75, 3.05) is 124 Å². The summed E-state index contributed by atoms with van der Waals surface area (Å²) in [4.78, 5) is 7.51. The number of likely N-dealkylation sites (tertiary alicyclic amines) is 1. The second-order valence-corrected chi connectivity index (χ2v) is 27.2. The van der Waals surface area contributed by atoms with Gasteiger partial charge in [-0.3, -0.25) is 9.11 Å². The summed E-state index contributed by atoms with van der Waals surface area (Å²) in [6.45, 7) is 57.1. The molecule has 14 heteroatoms. The average Bonchev–Trinajstić information content (AvgIpc) is 3.74. The van der Waals surface area contributed by atoms with Gasteiger partial charge < -0.3 is 54.8 Å². The van der Waals surface area contributed by atoms with E-state index in [1.54, 1.807) is 0 Å². The quantitative estimate of drug-likeness (QED) is 0.124. The predicted octanol–water partition coefficient (Wildman–Crippen LogP) is 12.6. The SMILES string of the molecule is C1COCCN1.C=S1(=O)CCC(COC(C)C)CC1.CC.CC.CC(C)N1CCCCCC1.CC(C)N1CCN(C)CC1.CC(C)NC1CCCCC1.CC(C)NCC1COCCO1.CC(C)OC1CCCCC1.CCNC(C)C. The van der Waals surface area contributed by atoms with Gasteiger partial charge in [0.15, 0.2) is 0 Å². The van der Waals surface area contributed by atoms with Crippen LogP contribution in [0.25, 0.3) is 0 Å². The lowest BCUT2D eigenvalue weighted by molar-refractivity contribution is -0.0868. The minimum absolute atomic E-state index is 0.256. The zero-order valence-corrected chi connectivity index (χ0v) is 58.1. The molecule has 7 aliphatic rings. The molecule has 1 unspecified atom stereocenters. The van der Waals surface area contributed by atoms with Crippen molar-refractivity contribution in [2.24, 2.45) is 5.92 Å². The number of nitrogens with zero attached hydrogens (tertiary/aromatic N) is 3. The van der Waals surface area contributed by atoms with E-state index in [-0.39, 0.29) is 6.10 Å². The molecule has 0 aromatic rings. The van der Waals surface area contributed by atoms with Crippen LogP contribution in [0.15, 0.2) is 0 Å². The van der Waals surface area contributed by atoms with Crippen LogP contribution in [-0.2, 0) is 33.2 Å². The molecular formula is C66H145N7O6S. The number of morpholine rings is 1. The Labute approximate surface area is 501 Å². The number of ether oxygens (including phenoxy) is 5. The zero-order valence-electron chi connectivity index (χ0n) is 57.3. The Morgan fingerprint density at radius 1 is 0.575 bits per heavy atom. The molecule has 0 aromatic carbocycles. The first kappa shape index (κ1) is 83.8. The molecule has 7 fully saturated rings. The minimum Gasteiger partial charge on any atom is -0.379 e. The standard InChI is InChI=1S/C10H20O2S.2C9H19N.C9H18O.C8H18N2.C8H17NO2.C5H13N.C4H9NO.2C2H6/c1-9(2)12-8-10-4-6-13(3,11)7-5-10;1-9(2)10-7-5-3-4-6-8-10;2*1-8(2)10-9-6-4-3-5-7-9;1-8(2)10-6-4-9(3)5-7-10;1-7(2)9-5-8-6-10-3-4-11-8;1-4-6-5(2)3;1-3-6-4-2-5-1;2*1-2/h9-10H,3-8H2,1-2H3;9H,3-8H2,1-2H3;8-10H,3-7H2,1-2H3;8-9H,3-7H2,1-2H3;8H,4-7H2,1-3H3;7-9H,3-6H2,1-2H3;5-6H,4H2,1-3H3;5H,1-4H2;2*1-2H3. The van der Waals surface area contributed by atoms with Crippen LogP contribution in [0.3, 0.4) is 0 Å². The lowest BCUT2D eigenvalue weighted by Gasteiger charge is -2.34. The molecule has 80 heavy (non-hydrogen) atoms. The van der Waals surface area contributed by atoms with Crippen LogP contribution in [0.1, 0.15) is 234 Å². The third-order valence-corrected chi connectivity index (χ3v) is 16.3. The molecule has 7 rings (SSSR count). The monoisotopic (exact) mass is 1160 g/mol. The highest BCUT2D eigenvalue weighted by molar-refractivity contribution is 8.00. The van der Waals surface area contributed by atoms with Crippen LogP contribution < -0.4 is 21.3 Å². The maximum Gasteiger partial charge on any atom is 0.0933 e. The molecular weight excluding hydrogens is 1020 g/mol. The predicted molar refractivity (Wildman–Crippen MR) is 355 cm³/mol. The number of piperazine rings is 1. The van der Waals surface area contributed by atoms with Crippen molar-refractivity contribution in [3.63, 3.8) is 0 Å². The van der Waals surface area contributed by atoms with E-state index in [1.165, 1.54) is 129 Å². The maximum atomic E-state index is 11.5. The highest BCUT2D eigenvalue weighted by Gasteiger charge is 2.21. The maximum absolute atomic E-state index is 11.5. The van der Waals surface area contributed by atoms with Crippen LogP contribution in [-0.4, -0.2) is 209 Å². The molecule has 0 bridgehead atoms. The number of nitrogens with one attached hydrogen (secondary N) is 4. The number of likely N-dealkylation sites (N-methyl/N-ethyl adjacent to an activating group) is 1. The third-order valence-electron chi connectivity index (χ3n) is 14.4. The van der Waals surface area contributed by atoms with E-state index in [9.17, 15) is 4.21 Å². The lowest BCUT2D eigenvalue weighted by Crippen LogP contribution is -2.47. The first-order valence-corrected chi connectivity index (χ1v) is 35.7. The molecule has 0 spiro atoms. The highest BCUT2D eigenvalue weighted by atomic mass is 32.2. The summed E-state index contributed by atoms with van der Waals surface area (Å²) >= 11 is 0. The smallest absolute Gasteiger partial charge is 0.0933 e. The molecule has 2 saturated carbocycles. The topological polar surface area (TPSA) is 121 Å². The number of hydrogen-bond donors (Lipinski definition) is 4. The van der Waals surface area contributed by atoms with E-state index in [0.717, 1.165) is 108 Å². The first-order chi connectivity index (χ1) is 38.1. The fourth-order valence-electron chi connectivity index (χ4n) is 9.73. The normalized spacial score (nSPS) is 23.3. The van der Waals surface area contributed by atoms with E-state index in [2.05, 4.69) is 139 Å². The second-order valence-electron chi connectivity index (χ2n) is 24.5. The lowest BCUT2D eigenvalue weighted by atomic mass is 9.95. The Morgan fingerprint density at radius 3 is 1.44 bits per heavy atom. The number of rotatable bonds is 14. The molecule has 0 radical (unpaired) electrons. The minimum atomic E-state index is -1.71. The molecule has 2 aliphatic carbocycles. The Bertz CT molecular complexity index is 1270. The van der Waals surface area contributed by atoms with Gasteiger partial charge in [-0.05, 0) is 155 Å². The largest absolute Gasteiger partial charge is 0.379 e. The van der Waals surface area contributed by atoms with E-state index in [0.29, 0.717) is 42.4 Å². The van der Waals surface area contributed by atoms with Gasteiger partial charge in [-0.2, -0.15) is 0 Å². The molecule has 5 aliphatic heterocycles. The average molecular weight is 1160 g/mol. The summed E-state index contributed by atoms with van der Waals surface area (Å²) in [5.41, 5.74) is 0. The van der Waals surface area contributed by atoms with Crippen molar-refractivity contribution in [1.29, 1.82) is 0 Å². The van der Waals surface area contributed by atoms with E-state index in [4.69, 9.17) is 23.7 Å². The van der Waals surface area contributed by atoms with Gasteiger partial charge in [0.05, 0.1) is 57.5 Å². The summed E-state index contributed by atoms with van der Waals surface area (Å²) in [6, 6.07) is 4.17. The van der Waals surface area contributed by atoms with Gasteiger partial charge in [0.2, 0.25) is 0 Å². The Kier molecular flexibility index (Phi) is 60.3. The van der Waals surface area contributed by atoms with Gasteiger partial charge in [-0.25, -0.2) is 0 Å². The van der Waals surface area contributed by atoms with Gasteiger partial charge >= 0.3 is 0 Å². The fraction of sp³-hybridized carbons (Fsp3) is 0.985. The van der Waals surface area contributed by atoms with Crippen LogP contribution in [0, 0.1) is 5.92 Å². The van der Waals surface area contributed by atoms with Crippen molar-refractivity contribution < 1.29 is 27.9 Å². The summed E-state index contributed by atoms with van der Waals surface area (Å²) in [5, 5.41) is 13.3. The summed E-state index contributed by atoms with van der Waals surface area (Å²) < 4.78 is 38.5. The fourth-order valence-corrected chi connectivity index (χ4v) is 11.5. The third kappa shape index (κ3) is 56.7. The molecule has 5 heterocycles. The highest BCUT2D eigenvalue weighted by Crippen LogP contribution is 2.22. The molecule has 486 valence electrons. The molecule has 5 saturated heterocycles. The van der Waals surface area contributed by atoms with Crippen LogP contribution in [0.2, 0.25) is 0 Å². The first-order valence-electron chi connectivity index (χ1n) is 33.6. The van der Waals surface area contributed by atoms with Gasteiger partial charge in [-0.15, -0.1) is 0 Å². The summed E-state index contributed by atoms with van der Waals surface area (Å²) in [7, 11) is 0.482. The summed E-state index contributed by atoms with van der Waals surface area (Å²) in [5.74, 6) is 5.94. The Morgan fingerprint density at radius 2 is 1.06 bits per heavy atom. The van der Waals surface area contributed by atoms with E-state index >= 15 is 0 Å². The van der Waals surface area contributed by atoms with Gasteiger partial charge in [0, 0.05) is 100 Å². The van der Waals surface area contributed by atoms with Crippen molar-refractivity contribution in [3.05, 3.63) is 0 Å². The van der Waals surface area contributed by atoms with Crippen LogP contribution >= 0.6 is 0 Å². The molecule has 0 amide bonds. The zero-order chi connectivity index (χ0) is 61.0. The van der Waals surface area contributed by atoms with E-state index < -0.39 is 9.52 Å². The molecule has 4 N–H and O–H groups in total. The Balaban J connectivity index is -0.000000846. The summed E-state index contributed by atoms with van der Waals surface area (Å²) in [6.07, 6.45) is 23.2. The molecule has 1 atom stereocenters. The van der Waals surface area contributed by atoms with Crippen molar-refractivity contribution in [1.82, 2.24) is 36.0 Å². The van der Waals surface area contributed by atoms with Gasteiger partial charge in [0.25, 0.3) is 0 Å². The molecule has 0 aromatic heterocycles. The van der Waals surface area contributed by atoms with Gasteiger partial charge in [0.1, 0.15) is 0 Å². The van der Waals surface area contributed by atoms with Crippen molar-refractivity contribution >= 4 is 15.4 Å². The van der Waals surface area contributed by atoms with E-state index in [1.807, 2.05) is 41.5 Å². The second kappa shape index (κ2) is 57.6. The number of hydrogen-bond acceptors (Lipinski definition) is 13. The Hall–Kier alpha value is -0.460. The van der Waals surface area contributed by atoms with Crippen molar-refractivity contribution in [3.8, 4) is 0 Å².